The van der Waals surface area contributed by atoms with Crippen LogP contribution in [0.25, 0.3) is 11.4 Å². The van der Waals surface area contributed by atoms with Crippen molar-refractivity contribution in [1.82, 2.24) is 20.6 Å². The molecule has 0 unspecified atom stereocenters. The van der Waals surface area contributed by atoms with Gasteiger partial charge in [0.05, 0.1) is 11.9 Å². The number of aromatic nitrogens is 4. The van der Waals surface area contributed by atoms with Crippen LogP contribution in [0.15, 0.2) is 59.7 Å². The van der Waals surface area contributed by atoms with E-state index in [1.807, 2.05) is 54.6 Å². The van der Waals surface area contributed by atoms with Crippen LogP contribution >= 0.6 is 0 Å². The van der Waals surface area contributed by atoms with Crippen molar-refractivity contribution in [3.8, 4) is 11.4 Å². The number of hydrazone groups is 1. The van der Waals surface area contributed by atoms with Crippen LogP contribution < -0.4 is 5.43 Å². The Labute approximate surface area is 115 Å². The highest BCUT2D eigenvalue weighted by molar-refractivity contribution is 5.81. The SMILES string of the molecule is C(=NNc1ccccc1)c1ccc(-c2nn[nH]n2)cc1. The Balaban J connectivity index is 1.66. The number of para-hydroxylation sites is 1. The molecular formula is C14H12N6. The average molecular weight is 264 g/mol. The number of tetrazole rings is 1. The molecule has 0 spiro atoms. The molecule has 0 amide bonds. The van der Waals surface area contributed by atoms with Gasteiger partial charge in [0.15, 0.2) is 0 Å². The Morgan fingerprint density at radius 2 is 1.80 bits per heavy atom. The van der Waals surface area contributed by atoms with E-state index in [1.165, 1.54) is 0 Å². The van der Waals surface area contributed by atoms with Crippen LogP contribution in [0.5, 0.6) is 0 Å². The first-order chi connectivity index (χ1) is 9.92. The molecule has 0 fully saturated rings. The predicted molar refractivity (Wildman–Crippen MR) is 77.3 cm³/mol. The van der Waals surface area contributed by atoms with Gasteiger partial charge in [-0.2, -0.15) is 10.3 Å². The fourth-order valence-corrected chi connectivity index (χ4v) is 1.70. The van der Waals surface area contributed by atoms with Gasteiger partial charge in [-0.15, -0.1) is 10.2 Å². The maximum atomic E-state index is 4.18. The lowest BCUT2D eigenvalue weighted by Crippen LogP contribution is -1.90. The molecule has 0 aliphatic carbocycles. The lowest BCUT2D eigenvalue weighted by atomic mass is 10.1. The zero-order valence-corrected chi connectivity index (χ0v) is 10.6. The Bertz CT molecular complexity index is 673. The minimum absolute atomic E-state index is 0.580. The first-order valence-corrected chi connectivity index (χ1v) is 6.10. The second-order valence-corrected chi connectivity index (χ2v) is 4.09. The summed E-state index contributed by atoms with van der Waals surface area (Å²) in [7, 11) is 0. The number of hydrogen-bond donors (Lipinski definition) is 2. The number of aromatic amines is 1. The molecule has 0 saturated carbocycles. The average Bonchev–Trinajstić information content (AvgIpc) is 3.03. The molecule has 0 atom stereocenters. The first-order valence-electron chi connectivity index (χ1n) is 6.10. The number of H-pyrrole nitrogens is 1. The molecule has 20 heavy (non-hydrogen) atoms. The van der Waals surface area contributed by atoms with Crippen LogP contribution in [0.1, 0.15) is 5.56 Å². The summed E-state index contributed by atoms with van der Waals surface area (Å²) >= 11 is 0. The highest BCUT2D eigenvalue weighted by Gasteiger charge is 2.01. The fraction of sp³-hybridized carbons (Fsp3) is 0. The van der Waals surface area contributed by atoms with Gasteiger partial charge in [-0.1, -0.05) is 42.5 Å². The maximum Gasteiger partial charge on any atom is 0.204 e. The summed E-state index contributed by atoms with van der Waals surface area (Å²) in [6.45, 7) is 0. The summed E-state index contributed by atoms with van der Waals surface area (Å²) in [5.74, 6) is 0.580. The van der Waals surface area contributed by atoms with Crippen LogP contribution in [-0.2, 0) is 0 Å². The number of rotatable bonds is 4. The summed E-state index contributed by atoms with van der Waals surface area (Å²) in [4.78, 5) is 0. The summed E-state index contributed by atoms with van der Waals surface area (Å²) in [5.41, 5.74) is 5.81. The van der Waals surface area contributed by atoms with E-state index in [0.29, 0.717) is 5.82 Å². The van der Waals surface area contributed by atoms with Crippen molar-refractivity contribution in [2.45, 2.75) is 0 Å². The zero-order valence-electron chi connectivity index (χ0n) is 10.6. The molecule has 0 aliphatic rings. The largest absolute Gasteiger partial charge is 0.279 e. The topological polar surface area (TPSA) is 78.9 Å². The third-order valence-corrected chi connectivity index (χ3v) is 2.70. The summed E-state index contributed by atoms with van der Waals surface area (Å²) in [6, 6.07) is 17.5. The molecule has 0 saturated heterocycles. The van der Waals surface area contributed by atoms with E-state index >= 15 is 0 Å². The van der Waals surface area contributed by atoms with Gasteiger partial charge in [-0.25, -0.2) is 0 Å². The van der Waals surface area contributed by atoms with E-state index in [2.05, 4.69) is 31.2 Å². The van der Waals surface area contributed by atoms with E-state index in [4.69, 9.17) is 0 Å². The first kappa shape index (κ1) is 12.0. The van der Waals surface area contributed by atoms with Gasteiger partial charge < -0.3 is 0 Å². The highest BCUT2D eigenvalue weighted by Crippen LogP contribution is 2.13. The number of nitrogens with one attached hydrogen (secondary N) is 2. The number of hydrogen-bond acceptors (Lipinski definition) is 5. The molecule has 3 rings (SSSR count). The molecule has 2 aromatic carbocycles. The normalized spacial score (nSPS) is 10.8. The van der Waals surface area contributed by atoms with Gasteiger partial charge in [-0.05, 0) is 22.9 Å². The summed E-state index contributed by atoms with van der Waals surface area (Å²) in [5, 5.41) is 18.0. The molecule has 2 N–H and O–H groups in total. The Kier molecular flexibility index (Phi) is 3.46. The summed E-state index contributed by atoms with van der Waals surface area (Å²) in [6.07, 6.45) is 1.76. The van der Waals surface area contributed by atoms with Crippen molar-refractivity contribution in [3.05, 3.63) is 60.2 Å². The van der Waals surface area contributed by atoms with Gasteiger partial charge >= 0.3 is 0 Å². The molecule has 0 aliphatic heterocycles. The van der Waals surface area contributed by atoms with Gasteiger partial charge in [0.2, 0.25) is 5.82 Å². The van der Waals surface area contributed by atoms with Crippen molar-refractivity contribution in [3.63, 3.8) is 0 Å². The molecule has 3 aromatic rings. The fourth-order valence-electron chi connectivity index (χ4n) is 1.70. The maximum absolute atomic E-state index is 4.18. The van der Waals surface area contributed by atoms with Crippen LogP contribution in [0, 0.1) is 0 Å². The lowest BCUT2D eigenvalue weighted by Gasteiger charge is -1.99. The van der Waals surface area contributed by atoms with Gasteiger partial charge in [0.25, 0.3) is 0 Å². The zero-order chi connectivity index (χ0) is 13.6. The monoisotopic (exact) mass is 264 g/mol. The smallest absolute Gasteiger partial charge is 0.204 e. The lowest BCUT2D eigenvalue weighted by molar-refractivity contribution is 0.881. The Morgan fingerprint density at radius 3 is 2.50 bits per heavy atom. The van der Waals surface area contributed by atoms with Crippen molar-refractivity contribution in [2.24, 2.45) is 5.10 Å². The van der Waals surface area contributed by atoms with Crippen molar-refractivity contribution in [1.29, 1.82) is 0 Å². The van der Waals surface area contributed by atoms with E-state index in [-0.39, 0.29) is 0 Å². The second kappa shape index (κ2) is 5.75. The highest BCUT2D eigenvalue weighted by atomic mass is 15.5. The number of benzene rings is 2. The molecule has 0 bridgehead atoms. The third-order valence-electron chi connectivity index (χ3n) is 2.70. The number of nitrogens with zero attached hydrogens (tertiary/aromatic N) is 4. The molecular weight excluding hydrogens is 252 g/mol. The van der Waals surface area contributed by atoms with Gasteiger partial charge in [0.1, 0.15) is 0 Å². The standard InChI is InChI=1S/C14H12N6/c1-2-4-13(5-3-1)16-15-10-11-6-8-12(9-7-11)14-17-19-20-18-14/h1-10,16H,(H,17,18,19,20). The van der Waals surface area contributed by atoms with Crippen molar-refractivity contribution >= 4 is 11.9 Å². The molecule has 98 valence electrons. The minimum atomic E-state index is 0.580. The molecule has 6 nitrogen and oxygen atoms in total. The van der Waals surface area contributed by atoms with E-state index < -0.39 is 0 Å². The second-order valence-electron chi connectivity index (χ2n) is 4.09. The Hall–Kier alpha value is -3.02. The van der Waals surface area contributed by atoms with Crippen molar-refractivity contribution < 1.29 is 0 Å². The molecule has 1 aromatic heterocycles. The predicted octanol–water partition coefficient (Wildman–Crippen LogP) is 2.31. The van der Waals surface area contributed by atoms with E-state index in [9.17, 15) is 0 Å². The van der Waals surface area contributed by atoms with Crippen LogP contribution in [0.2, 0.25) is 0 Å². The molecule has 0 radical (unpaired) electrons. The van der Waals surface area contributed by atoms with Crippen LogP contribution in [0.4, 0.5) is 5.69 Å². The number of anilines is 1. The third kappa shape index (κ3) is 2.86. The Morgan fingerprint density at radius 1 is 1.00 bits per heavy atom. The van der Waals surface area contributed by atoms with Gasteiger partial charge in [-0.3, -0.25) is 5.43 Å². The molecule has 1 heterocycles. The van der Waals surface area contributed by atoms with Crippen molar-refractivity contribution in [2.75, 3.05) is 5.43 Å². The van der Waals surface area contributed by atoms with Gasteiger partial charge in [0, 0.05) is 5.56 Å². The van der Waals surface area contributed by atoms with Crippen LogP contribution in [-0.4, -0.2) is 26.8 Å². The van der Waals surface area contributed by atoms with Crippen LogP contribution in [0.3, 0.4) is 0 Å². The quantitative estimate of drug-likeness (QED) is 0.560. The van der Waals surface area contributed by atoms with E-state index in [1.54, 1.807) is 6.21 Å². The summed E-state index contributed by atoms with van der Waals surface area (Å²) < 4.78 is 0. The minimum Gasteiger partial charge on any atom is -0.279 e. The molecule has 6 heteroatoms. The van der Waals surface area contributed by atoms with E-state index in [0.717, 1.165) is 16.8 Å².